The van der Waals surface area contributed by atoms with Gasteiger partial charge in [-0.05, 0) is 24.3 Å². The first kappa shape index (κ1) is 17.6. The number of halogens is 3. The van der Waals surface area contributed by atoms with Gasteiger partial charge in [0.05, 0.1) is 13.0 Å². The molecular weight excluding hydrogens is 263 g/mol. The van der Waals surface area contributed by atoms with E-state index in [2.05, 4.69) is 10.0 Å². The molecular formula is C11H18F3N3O2. The first-order valence-electron chi connectivity index (χ1n) is 6.01. The van der Waals surface area contributed by atoms with Crippen molar-refractivity contribution in [3.63, 3.8) is 0 Å². The maximum atomic E-state index is 12.1. The van der Waals surface area contributed by atoms with Crippen molar-refractivity contribution in [1.82, 2.24) is 0 Å². The SMILES string of the molecule is CC(C)CC(=O)OCCCC(CC(F)(F)F)N=[N+]=[N-]. The predicted molar refractivity (Wildman–Crippen MR) is 63.3 cm³/mol. The molecule has 0 aliphatic rings. The largest absolute Gasteiger partial charge is 0.466 e. The second-order valence-electron chi connectivity index (χ2n) is 4.64. The van der Waals surface area contributed by atoms with Gasteiger partial charge < -0.3 is 4.74 Å². The fraction of sp³-hybridized carbons (Fsp3) is 0.909. The van der Waals surface area contributed by atoms with Crippen LogP contribution in [0.15, 0.2) is 5.11 Å². The van der Waals surface area contributed by atoms with Crippen LogP contribution in [0.5, 0.6) is 0 Å². The van der Waals surface area contributed by atoms with E-state index < -0.39 is 18.6 Å². The van der Waals surface area contributed by atoms with Crippen molar-refractivity contribution >= 4 is 5.97 Å². The standard InChI is InChI=1S/C11H18F3N3O2/c1-8(2)6-10(18)19-5-3-4-9(16-17-15)7-11(12,13)14/h8-9H,3-7H2,1-2H3. The summed E-state index contributed by atoms with van der Waals surface area (Å²) < 4.78 is 41.3. The van der Waals surface area contributed by atoms with Crippen LogP contribution >= 0.6 is 0 Å². The van der Waals surface area contributed by atoms with Gasteiger partial charge in [-0.15, -0.1) is 0 Å². The van der Waals surface area contributed by atoms with Crippen LogP contribution in [0, 0.1) is 5.92 Å². The van der Waals surface area contributed by atoms with Gasteiger partial charge in [-0.25, -0.2) is 0 Å². The Bertz CT molecular complexity index is 326. The van der Waals surface area contributed by atoms with Crippen LogP contribution in [0.2, 0.25) is 0 Å². The minimum atomic E-state index is -4.37. The maximum absolute atomic E-state index is 12.1. The molecule has 1 unspecified atom stereocenters. The Labute approximate surface area is 109 Å². The van der Waals surface area contributed by atoms with Crippen LogP contribution in [0.3, 0.4) is 0 Å². The van der Waals surface area contributed by atoms with Gasteiger partial charge in [-0.2, -0.15) is 13.2 Å². The number of hydrogen-bond acceptors (Lipinski definition) is 3. The van der Waals surface area contributed by atoms with Crippen molar-refractivity contribution < 1.29 is 22.7 Å². The molecule has 1 atom stereocenters. The van der Waals surface area contributed by atoms with Crippen LogP contribution in [-0.2, 0) is 9.53 Å². The van der Waals surface area contributed by atoms with Crippen molar-refractivity contribution in [2.75, 3.05) is 6.61 Å². The summed E-state index contributed by atoms with van der Waals surface area (Å²) in [5, 5.41) is 3.09. The van der Waals surface area contributed by atoms with Gasteiger partial charge in [-0.3, -0.25) is 4.79 Å². The van der Waals surface area contributed by atoms with E-state index in [0.717, 1.165) is 0 Å². The average molecular weight is 281 g/mol. The first-order valence-corrected chi connectivity index (χ1v) is 6.01. The van der Waals surface area contributed by atoms with Crippen molar-refractivity contribution in [3.05, 3.63) is 10.4 Å². The lowest BCUT2D eigenvalue weighted by molar-refractivity contribution is -0.145. The molecule has 0 saturated carbocycles. The second-order valence-corrected chi connectivity index (χ2v) is 4.64. The Hall–Kier alpha value is -1.43. The zero-order valence-electron chi connectivity index (χ0n) is 11.0. The number of nitrogens with zero attached hydrogens (tertiary/aromatic N) is 3. The molecule has 0 amide bonds. The maximum Gasteiger partial charge on any atom is 0.389 e. The van der Waals surface area contributed by atoms with E-state index >= 15 is 0 Å². The van der Waals surface area contributed by atoms with E-state index in [1.54, 1.807) is 0 Å². The summed E-state index contributed by atoms with van der Waals surface area (Å²) in [5.41, 5.74) is 8.18. The number of hydrogen-bond donors (Lipinski definition) is 0. The molecule has 0 radical (unpaired) electrons. The molecule has 0 aromatic rings. The van der Waals surface area contributed by atoms with Crippen LogP contribution in [0.25, 0.3) is 10.4 Å². The van der Waals surface area contributed by atoms with Gasteiger partial charge in [0.15, 0.2) is 0 Å². The summed E-state index contributed by atoms with van der Waals surface area (Å²) >= 11 is 0. The van der Waals surface area contributed by atoms with Gasteiger partial charge >= 0.3 is 12.1 Å². The highest BCUT2D eigenvalue weighted by Crippen LogP contribution is 2.25. The van der Waals surface area contributed by atoms with Gasteiger partial charge in [0, 0.05) is 17.4 Å². The summed E-state index contributed by atoms with van der Waals surface area (Å²) in [4.78, 5) is 13.6. The number of alkyl halides is 3. The van der Waals surface area contributed by atoms with Gasteiger partial charge in [0.1, 0.15) is 0 Å². The Morgan fingerprint density at radius 2 is 2.05 bits per heavy atom. The van der Waals surface area contributed by atoms with Crippen LogP contribution in [0.1, 0.15) is 39.5 Å². The molecule has 0 spiro atoms. The number of esters is 1. The second kappa shape index (κ2) is 8.63. The number of carbonyl (C=O) groups is 1. The quantitative estimate of drug-likeness (QED) is 0.222. The third kappa shape index (κ3) is 11.4. The number of ether oxygens (including phenoxy) is 1. The lowest BCUT2D eigenvalue weighted by atomic mass is 10.1. The Morgan fingerprint density at radius 1 is 1.42 bits per heavy atom. The molecule has 0 bridgehead atoms. The molecule has 0 N–H and O–H groups in total. The van der Waals surface area contributed by atoms with Gasteiger partial charge in [-0.1, -0.05) is 19.0 Å². The lowest BCUT2D eigenvalue weighted by Gasteiger charge is -2.13. The summed E-state index contributed by atoms with van der Waals surface area (Å²) in [6.07, 6.45) is -4.96. The van der Waals surface area contributed by atoms with Crippen LogP contribution < -0.4 is 0 Å². The van der Waals surface area contributed by atoms with E-state index in [1.807, 2.05) is 13.8 Å². The Morgan fingerprint density at radius 3 is 2.53 bits per heavy atom. The van der Waals surface area contributed by atoms with Crippen molar-refractivity contribution in [1.29, 1.82) is 0 Å². The molecule has 0 aliphatic carbocycles. The number of rotatable bonds is 8. The van der Waals surface area contributed by atoms with Gasteiger partial charge in [0.2, 0.25) is 0 Å². The molecule has 0 aromatic carbocycles. The zero-order chi connectivity index (χ0) is 14.9. The minimum Gasteiger partial charge on any atom is -0.466 e. The normalized spacial score (nSPS) is 12.9. The van der Waals surface area contributed by atoms with E-state index in [1.165, 1.54) is 0 Å². The van der Waals surface area contributed by atoms with Crippen molar-refractivity contribution in [2.24, 2.45) is 11.0 Å². The highest BCUT2D eigenvalue weighted by atomic mass is 19.4. The predicted octanol–water partition coefficient (Wildman–Crippen LogP) is 3.99. The number of azide groups is 1. The summed E-state index contributed by atoms with van der Waals surface area (Å²) in [7, 11) is 0. The Balaban J connectivity index is 3.94. The van der Waals surface area contributed by atoms with E-state index in [-0.39, 0.29) is 37.8 Å². The average Bonchev–Trinajstić information content (AvgIpc) is 2.21. The smallest absolute Gasteiger partial charge is 0.389 e. The van der Waals surface area contributed by atoms with E-state index in [0.29, 0.717) is 0 Å². The monoisotopic (exact) mass is 281 g/mol. The molecule has 8 heteroatoms. The lowest BCUT2D eigenvalue weighted by Crippen LogP contribution is -2.18. The third-order valence-electron chi connectivity index (χ3n) is 2.20. The fourth-order valence-electron chi connectivity index (χ4n) is 1.44. The summed E-state index contributed by atoms with van der Waals surface area (Å²) in [5.74, 6) is -0.195. The number of carbonyl (C=O) groups excluding carboxylic acids is 1. The molecule has 110 valence electrons. The highest BCUT2D eigenvalue weighted by Gasteiger charge is 2.31. The molecule has 0 heterocycles. The molecule has 0 fully saturated rings. The van der Waals surface area contributed by atoms with E-state index in [4.69, 9.17) is 10.3 Å². The molecule has 0 aromatic heterocycles. The van der Waals surface area contributed by atoms with Crippen LogP contribution in [-0.4, -0.2) is 24.8 Å². The molecule has 5 nitrogen and oxygen atoms in total. The van der Waals surface area contributed by atoms with E-state index in [9.17, 15) is 18.0 Å². The zero-order valence-corrected chi connectivity index (χ0v) is 11.0. The summed E-state index contributed by atoms with van der Waals surface area (Å²) in [6, 6.07) is -1.14. The van der Waals surface area contributed by atoms with Crippen molar-refractivity contribution in [2.45, 2.75) is 51.7 Å². The molecule has 0 aliphatic heterocycles. The molecule has 0 saturated heterocycles. The topological polar surface area (TPSA) is 75.1 Å². The first-order chi connectivity index (χ1) is 8.74. The van der Waals surface area contributed by atoms with Crippen molar-refractivity contribution in [3.8, 4) is 0 Å². The Kier molecular flexibility index (Phi) is 7.98. The fourth-order valence-corrected chi connectivity index (χ4v) is 1.44. The third-order valence-corrected chi connectivity index (χ3v) is 2.20. The molecule has 19 heavy (non-hydrogen) atoms. The summed E-state index contributed by atoms with van der Waals surface area (Å²) in [6.45, 7) is 3.77. The molecule has 0 rings (SSSR count). The van der Waals surface area contributed by atoms with Gasteiger partial charge in [0.25, 0.3) is 0 Å². The highest BCUT2D eigenvalue weighted by molar-refractivity contribution is 5.69. The minimum absolute atomic E-state index is 0.0402. The van der Waals surface area contributed by atoms with Crippen LogP contribution in [0.4, 0.5) is 13.2 Å².